The molecule has 0 aliphatic carbocycles. The topological polar surface area (TPSA) is 18.5 Å². The van der Waals surface area contributed by atoms with E-state index in [-0.39, 0.29) is 0 Å². The Labute approximate surface area is 103 Å². The van der Waals surface area contributed by atoms with E-state index in [9.17, 15) is 0 Å². The van der Waals surface area contributed by atoms with Crippen LogP contribution >= 0.6 is 0 Å². The summed E-state index contributed by atoms with van der Waals surface area (Å²) in [4.78, 5) is 5.02. The quantitative estimate of drug-likeness (QED) is 0.831. The summed E-state index contributed by atoms with van der Waals surface area (Å²) in [7, 11) is 2.21. The van der Waals surface area contributed by atoms with Crippen LogP contribution in [0.4, 0.5) is 5.69 Å². The number of benzene rings is 1. The highest BCUT2D eigenvalue weighted by molar-refractivity contribution is 5.57. The van der Waals surface area contributed by atoms with Gasteiger partial charge in [0.1, 0.15) is 0 Å². The molecule has 1 fully saturated rings. The Bertz CT molecular complexity index is 383. The van der Waals surface area contributed by atoms with Crippen molar-refractivity contribution >= 4 is 5.69 Å². The van der Waals surface area contributed by atoms with Crippen LogP contribution in [-0.4, -0.2) is 56.1 Å². The van der Waals surface area contributed by atoms with Gasteiger partial charge in [-0.2, -0.15) is 0 Å². The fraction of sp³-hybridized carbons (Fsp3) is 0.571. The Morgan fingerprint density at radius 3 is 2.76 bits per heavy atom. The van der Waals surface area contributed by atoms with Crippen molar-refractivity contribution in [1.82, 2.24) is 9.80 Å². The van der Waals surface area contributed by atoms with Crippen LogP contribution in [0.25, 0.3) is 0 Å². The Hall–Kier alpha value is -1.06. The van der Waals surface area contributed by atoms with Crippen molar-refractivity contribution in [2.24, 2.45) is 0 Å². The molecule has 0 radical (unpaired) electrons. The zero-order valence-electron chi connectivity index (χ0n) is 10.5. The van der Waals surface area contributed by atoms with Gasteiger partial charge in [0.2, 0.25) is 0 Å². The van der Waals surface area contributed by atoms with E-state index in [1.54, 1.807) is 0 Å². The van der Waals surface area contributed by atoms with Crippen molar-refractivity contribution in [2.45, 2.75) is 5.92 Å². The number of rotatable bonds is 2. The molecule has 1 saturated heterocycles. The molecule has 1 N–H and O–H groups in total. The second-order valence-electron chi connectivity index (χ2n) is 5.27. The molecule has 3 heteroatoms. The maximum Gasteiger partial charge on any atom is 0.0376 e. The highest BCUT2D eigenvalue weighted by atomic mass is 15.2. The van der Waals surface area contributed by atoms with Crippen molar-refractivity contribution in [3.05, 3.63) is 29.8 Å². The average molecular weight is 231 g/mol. The summed E-state index contributed by atoms with van der Waals surface area (Å²) in [5.41, 5.74) is 2.85. The highest BCUT2D eigenvalue weighted by Gasteiger charge is 2.24. The first-order valence-corrected chi connectivity index (χ1v) is 6.56. The number of nitrogens with zero attached hydrogens (tertiary/aromatic N) is 2. The molecule has 1 aromatic carbocycles. The predicted octanol–water partition coefficient (Wildman–Crippen LogP) is 1.44. The minimum atomic E-state index is 0.676. The molecular weight excluding hydrogens is 210 g/mol. The van der Waals surface area contributed by atoms with Crippen LogP contribution < -0.4 is 5.32 Å². The number of fused-ring (bicyclic) bond motifs is 1. The van der Waals surface area contributed by atoms with E-state index in [2.05, 4.69) is 46.4 Å². The predicted molar refractivity (Wildman–Crippen MR) is 71.6 cm³/mol. The molecule has 0 amide bonds. The Kier molecular flexibility index (Phi) is 3.04. The first-order valence-electron chi connectivity index (χ1n) is 6.56. The van der Waals surface area contributed by atoms with E-state index in [0.717, 1.165) is 6.54 Å². The molecule has 92 valence electrons. The summed E-state index contributed by atoms with van der Waals surface area (Å²) < 4.78 is 0. The third kappa shape index (κ3) is 2.31. The molecule has 2 aliphatic heterocycles. The number of para-hydroxylation sites is 1. The molecule has 0 aromatic heterocycles. The molecule has 0 spiro atoms. The first kappa shape index (κ1) is 11.1. The lowest BCUT2D eigenvalue weighted by Gasteiger charge is -2.33. The molecule has 1 atom stereocenters. The van der Waals surface area contributed by atoms with Crippen LogP contribution in [0.1, 0.15) is 11.5 Å². The van der Waals surface area contributed by atoms with E-state index in [1.807, 2.05) is 0 Å². The van der Waals surface area contributed by atoms with Gasteiger partial charge in [0.25, 0.3) is 0 Å². The Morgan fingerprint density at radius 1 is 1.18 bits per heavy atom. The second kappa shape index (κ2) is 4.67. The van der Waals surface area contributed by atoms with Gasteiger partial charge < -0.3 is 15.1 Å². The smallest absolute Gasteiger partial charge is 0.0376 e. The number of likely N-dealkylation sites (N-methyl/N-ethyl adjacent to an activating group) is 1. The number of hydrogen-bond donors (Lipinski definition) is 1. The Balaban J connectivity index is 1.64. The summed E-state index contributed by atoms with van der Waals surface area (Å²) in [6.07, 6.45) is 0. The van der Waals surface area contributed by atoms with Gasteiger partial charge >= 0.3 is 0 Å². The van der Waals surface area contributed by atoms with E-state index in [0.29, 0.717) is 5.92 Å². The van der Waals surface area contributed by atoms with Crippen LogP contribution in [0.2, 0.25) is 0 Å². The number of hydrogen-bond acceptors (Lipinski definition) is 3. The number of anilines is 1. The summed E-state index contributed by atoms with van der Waals surface area (Å²) in [5, 5.41) is 3.51. The maximum atomic E-state index is 3.51. The van der Waals surface area contributed by atoms with Gasteiger partial charge in [0.15, 0.2) is 0 Å². The van der Waals surface area contributed by atoms with Crippen molar-refractivity contribution in [3.8, 4) is 0 Å². The average Bonchev–Trinajstić information content (AvgIpc) is 2.76. The standard InChI is InChI=1S/C14H21N3/c1-16-6-8-17(9-7-16)11-12-10-15-14-5-3-2-4-13(12)14/h2-5,12,15H,6-11H2,1H3. The molecule has 2 heterocycles. The van der Waals surface area contributed by atoms with Crippen molar-refractivity contribution < 1.29 is 0 Å². The van der Waals surface area contributed by atoms with Gasteiger partial charge in [-0.1, -0.05) is 18.2 Å². The van der Waals surface area contributed by atoms with Gasteiger partial charge in [0.05, 0.1) is 0 Å². The van der Waals surface area contributed by atoms with Crippen LogP contribution in [0.3, 0.4) is 0 Å². The van der Waals surface area contributed by atoms with Crippen LogP contribution in [0.15, 0.2) is 24.3 Å². The zero-order valence-corrected chi connectivity index (χ0v) is 10.5. The zero-order chi connectivity index (χ0) is 11.7. The fourth-order valence-electron chi connectivity index (χ4n) is 2.86. The van der Waals surface area contributed by atoms with Gasteiger partial charge in [-0.15, -0.1) is 0 Å². The second-order valence-corrected chi connectivity index (χ2v) is 5.27. The molecule has 2 aliphatic rings. The van der Waals surface area contributed by atoms with E-state index >= 15 is 0 Å². The number of nitrogens with one attached hydrogen (secondary N) is 1. The molecule has 0 bridgehead atoms. The lowest BCUT2D eigenvalue weighted by atomic mass is 10.0. The van der Waals surface area contributed by atoms with Crippen molar-refractivity contribution in [1.29, 1.82) is 0 Å². The first-order chi connectivity index (χ1) is 8.33. The normalized spacial score (nSPS) is 25.6. The molecule has 3 rings (SSSR count). The molecule has 0 saturated carbocycles. The number of piperazine rings is 1. The highest BCUT2D eigenvalue weighted by Crippen LogP contribution is 2.31. The largest absolute Gasteiger partial charge is 0.384 e. The van der Waals surface area contributed by atoms with Gasteiger partial charge in [-0.3, -0.25) is 0 Å². The van der Waals surface area contributed by atoms with Gasteiger partial charge in [-0.25, -0.2) is 0 Å². The molecule has 1 unspecified atom stereocenters. The molecular formula is C14H21N3. The van der Waals surface area contributed by atoms with Crippen LogP contribution in [-0.2, 0) is 0 Å². The monoisotopic (exact) mass is 231 g/mol. The van der Waals surface area contributed by atoms with E-state index in [1.165, 1.54) is 44.0 Å². The third-order valence-corrected chi connectivity index (χ3v) is 4.01. The summed E-state index contributed by atoms with van der Waals surface area (Å²) in [6.45, 7) is 7.16. The van der Waals surface area contributed by atoms with Crippen LogP contribution in [0.5, 0.6) is 0 Å². The van der Waals surface area contributed by atoms with E-state index < -0.39 is 0 Å². The minimum Gasteiger partial charge on any atom is -0.384 e. The molecule has 1 aromatic rings. The van der Waals surface area contributed by atoms with E-state index in [4.69, 9.17) is 0 Å². The lowest BCUT2D eigenvalue weighted by Crippen LogP contribution is -2.45. The van der Waals surface area contributed by atoms with Gasteiger partial charge in [0, 0.05) is 50.9 Å². The van der Waals surface area contributed by atoms with Crippen LogP contribution in [0, 0.1) is 0 Å². The minimum absolute atomic E-state index is 0.676. The SMILES string of the molecule is CN1CCN(CC2CNc3ccccc32)CC1. The van der Waals surface area contributed by atoms with Gasteiger partial charge in [-0.05, 0) is 18.7 Å². The molecule has 17 heavy (non-hydrogen) atoms. The summed E-state index contributed by atoms with van der Waals surface area (Å²) in [5.74, 6) is 0.676. The van der Waals surface area contributed by atoms with Crippen molar-refractivity contribution in [3.63, 3.8) is 0 Å². The maximum absolute atomic E-state index is 3.51. The third-order valence-electron chi connectivity index (χ3n) is 4.01. The Morgan fingerprint density at radius 2 is 1.94 bits per heavy atom. The lowest BCUT2D eigenvalue weighted by molar-refractivity contribution is 0.149. The summed E-state index contributed by atoms with van der Waals surface area (Å²) in [6, 6.07) is 8.74. The molecule has 3 nitrogen and oxygen atoms in total. The fourth-order valence-corrected chi connectivity index (χ4v) is 2.86. The summed E-state index contributed by atoms with van der Waals surface area (Å²) >= 11 is 0. The van der Waals surface area contributed by atoms with Crippen molar-refractivity contribution in [2.75, 3.05) is 51.6 Å².